The minimum Gasteiger partial charge on any atom is -0.383 e. The van der Waals surface area contributed by atoms with E-state index in [0.717, 1.165) is 25.7 Å². The highest BCUT2D eigenvalue weighted by Gasteiger charge is 2.20. The number of thiazole rings is 1. The van der Waals surface area contributed by atoms with Gasteiger partial charge in [-0.1, -0.05) is 36.9 Å². The van der Waals surface area contributed by atoms with Gasteiger partial charge in [0.25, 0.3) is 5.91 Å². The summed E-state index contributed by atoms with van der Waals surface area (Å²) in [6.45, 7) is 1.08. The average molecular weight is 451 g/mol. The molecule has 1 aliphatic rings. The fourth-order valence-corrected chi connectivity index (χ4v) is 4.36. The summed E-state index contributed by atoms with van der Waals surface area (Å²) in [4.78, 5) is 31.3. The van der Waals surface area contributed by atoms with E-state index in [-0.39, 0.29) is 24.5 Å². The smallest absolute Gasteiger partial charge is 0.322 e. The van der Waals surface area contributed by atoms with Crippen LogP contribution in [0.25, 0.3) is 0 Å². The first-order valence-corrected chi connectivity index (χ1v) is 11.4. The molecule has 3 amide bonds. The minimum atomic E-state index is -0.280. The number of hydrogen-bond donors (Lipinski definition) is 2. The van der Waals surface area contributed by atoms with E-state index in [1.165, 1.54) is 17.8 Å². The molecule has 1 aliphatic carbocycles. The number of carbonyl (C=O) groups is 2. The third kappa shape index (κ3) is 6.68. The zero-order valence-electron chi connectivity index (χ0n) is 17.0. The Morgan fingerprint density at radius 2 is 2.10 bits per heavy atom. The lowest BCUT2D eigenvalue weighted by Crippen LogP contribution is -2.37. The number of carbonyl (C=O) groups excluding carboxylic acids is 2. The summed E-state index contributed by atoms with van der Waals surface area (Å²) >= 11 is 7.36. The van der Waals surface area contributed by atoms with Gasteiger partial charge in [-0.3, -0.25) is 4.79 Å². The molecular weight excluding hydrogens is 424 g/mol. The maximum atomic E-state index is 12.8. The Balaban J connectivity index is 1.61. The molecule has 0 radical (unpaired) electrons. The quantitative estimate of drug-likeness (QED) is 0.618. The van der Waals surface area contributed by atoms with E-state index in [1.54, 1.807) is 41.7 Å². The number of nitrogens with zero attached hydrogens (tertiary/aromatic N) is 2. The summed E-state index contributed by atoms with van der Waals surface area (Å²) in [5, 5.41) is 8.91. The largest absolute Gasteiger partial charge is 0.383 e. The van der Waals surface area contributed by atoms with Gasteiger partial charge in [0.2, 0.25) is 0 Å². The molecule has 1 saturated carbocycles. The number of halogens is 1. The van der Waals surface area contributed by atoms with Crippen LogP contribution >= 0.6 is 22.9 Å². The van der Waals surface area contributed by atoms with Gasteiger partial charge in [-0.25, -0.2) is 9.78 Å². The predicted octanol–water partition coefficient (Wildman–Crippen LogP) is 4.54. The second-order valence-corrected chi connectivity index (χ2v) is 8.67. The highest BCUT2D eigenvalue weighted by molar-refractivity contribution is 7.09. The number of amides is 3. The standard InChI is InChI=1S/C21H27ClN4O3S/c1-29-11-10-26(21(28)24-17-9-5-6-15(22)12-17)13-19-25-18(14-30-19)20(27)23-16-7-3-2-4-8-16/h5-6,9,12,14,16H,2-4,7-8,10-11,13H2,1H3,(H,23,27)(H,24,28). The molecule has 0 aliphatic heterocycles. The summed E-state index contributed by atoms with van der Waals surface area (Å²) in [7, 11) is 1.59. The Kier molecular flexibility index (Phi) is 8.48. The SMILES string of the molecule is COCCN(Cc1nc(C(=O)NC2CCCCC2)cs1)C(=O)Nc1cccc(Cl)c1. The number of anilines is 1. The monoisotopic (exact) mass is 450 g/mol. The van der Waals surface area contributed by atoms with Crippen LogP contribution in [0.1, 0.15) is 47.6 Å². The average Bonchev–Trinajstić information content (AvgIpc) is 3.20. The van der Waals surface area contributed by atoms with Crippen LogP contribution in [0.15, 0.2) is 29.6 Å². The molecule has 162 valence electrons. The molecule has 0 spiro atoms. The maximum Gasteiger partial charge on any atom is 0.322 e. The van der Waals surface area contributed by atoms with E-state index >= 15 is 0 Å². The van der Waals surface area contributed by atoms with Crippen molar-refractivity contribution in [3.8, 4) is 0 Å². The summed E-state index contributed by atoms with van der Waals surface area (Å²) in [6, 6.07) is 6.93. The Hall–Kier alpha value is -2.16. The number of methoxy groups -OCH3 is 1. The van der Waals surface area contributed by atoms with Crippen LogP contribution in [0.4, 0.5) is 10.5 Å². The zero-order chi connectivity index (χ0) is 21.3. The van der Waals surface area contributed by atoms with Crippen molar-refractivity contribution in [2.24, 2.45) is 0 Å². The molecule has 1 fully saturated rings. The highest BCUT2D eigenvalue weighted by atomic mass is 35.5. The first-order chi connectivity index (χ1) is 14.5. The number of benzene rings is 1. The number of rotatable bonds is 8. The topological polar surface area (TPSA) is 83.6 Å². The van der Waals surface area contributed by atoms with Crippen molar-refractivity contribution in [1.82, 2.24) is 15.2 Å². The minimum absolute atomic E-state index is 0.142. The third-order valence-electron chi connectivity index (χ3n) is 4.98. The Morgan fingerprint density at radius 1 is 1.30 bits per heavy atom. The van der Waals surface area contributed by atoms with Crippen LogP contribution in [0, 0.1) is 0 Å². The van der Waals surface area contributed by atoms with Crippen LogP contribution in [0.5, 0.6) is 0 Å². The number of urea groups is 1. The first kappa shape index (κ1) is 22.5. The molecule has 0 atom stereocenters. The van der Waals surface area contributed by atoms with Crippen LogP contribution in [0.2, 0.25) is 5.02 Å². The van der Waals surface area contributed by atoms with Gasteiger partial charge >= 0.3 is 6.03 Å². The lowest BCUT2D eigenvalue weighted by atomic mass is 9.95. The molecule has 0 unspecified atom stereocenters. The third-order valence-corrected chi connectivity index (χ3v) is 6.05. The van der Waals surface area contributed by atoms with Crippen molar-refractivity contribution in [3.63, 3.8) is 0 Å². The van der Waals surface area contributed by atoms with E-state index in [9.17, 15) is 9.59 Å². The first-order valence-electron chi connectivity index (χ1n) is 10.1. The summed E-state index contributed by atoms with van der Waals surface area (Å²) in [5.41, 5.74) is 1.02. The van der Waals surface area contributed by atoms with Gasteiger partial charge < -0.3 is 20.3 Å². The number of nitrogens with one attached hydrogen (secondary N) is 2. The molecular formula is C21H27ClN4O3S. The fraction of sp³-hybridized carbons (Fsp3) is 0.476. The molecule has 1 aromatic carbocycles. The van der Waals surface area contributed by atoms with Crippen LogP contribution in [-0.4, -0.2) is 48.1 Å². The van der Waals surface area contributed by atoms with Gasteiger partial charge in [-0.05, 0) is 31.0 Å². The summed E-state index contributed by atoms with van der Waals surface area (Å²) in [6.07, 6.45) is 5.60. The molecule has 2 N–H and O–H groups in total. The second-order valence-electron chi connectivity index (χ2n) is 7.29. The van der Waals surface area contributed by atoms with Crippen LogP contribution < -0.4 is 10.6 Å². The Bertz CT molecular complexity index is 854. The van der Waals surface area contributed by atoms with Gasteiger partial charge in [0.05, 0.1) is 13.2 Å². The summed E-state index contributed by atoms with van der Waals surface area (Å²) in [5.74, 6) is -0.142. The van der Waals surface area contributed by atoms with Gasteiger partial charge in [0, 0.05) is 35.8 Å². The molecule has 30 heavy (non-hydrogen) atoms. The van der Waals surface area contributed by atoms with Crippen molar-refractivity contribution in [1.29, 1.82) is 0 Å². The van der Waals surface area contributed by atoms with E-state index in [4.69, 9.17) is 16.3 Å². The van der Waals surface area contributed by atoms with Gasteiger partial charge in [-0.15, -0.1) is 11.3 Å². The van der Waals surface area contributed by atoms with E-state index in [1.807, 2.05) is 0 Å². The Labute approximate surface area is 185 Å². The van der Waals surface area contributed by atoms with Gasteiger partial charge in [0.15, 0.2) is 0 Å². The van der Waals surface area contributed by atoms with Crippen molar-refractivity contribution in [2.75, 3.05) is 25.6 Å². The van der Waals surface area contributed by atoms with E-state index in [2.05, 4.69) is 15.6 Å². The van der Waals surface area contributed by atoms with Crippen molar-refractivity contribution in [2.45, 2.75) is 44.7 Å². The van der Waals surface area contributed by atoms with E-state index < -0.39 is 0 Å². The van der Waals surface area contributed by atoms with Gasteiger partial charge in [-0.2, -0.15) is 0 Å². The van der Waals surface area contributed by atoms with Crippen molar-refractivity contribution >= 4 is 40.6 Å². The predicted molar refractivity (Wildman–Crippen MR) is 119 cm³/mol. The molecule has 2 aromatic rings. The number of hydrogen-bond acceptors (Lipinski definition) is 5. The number of ether oxygens (including phenoxy) is 1. The molecule has 0 bridgehead atoms. The van der Waals surface area contributed by atoms with Crippen LogP contribution in [-0.2, 0) is 11.3 Å². The maximum absolute atomic E-state index is 12.8. The van der Waals surface area contributed by atoms with E-state index in [0.29, 0.717) is 34.6 Å². The molecule has 1 heterocycles. The molecule has 3 rings (SSSR count). The highest BCUT2D eigenvalue weighted by Crippen LogP contribution is 2.19. The molecule has 7 nitrogen and oxygen atoms in total. The normalized spacial score (nSPS) is 14.3. The van der Waals surface area contributed by atoms with Crippen molar-refractivity contribution < 1.29 is 14.3 Å². The zero-order valence-corrected chi connectivity index (χ0v) is 18.6. The fourth-order valence-electron chi connectivity index (χ4n) is 3.38. The molecule has 9 heteroatoms. The van der Waals surface area contributed by atoms with Crippen LogP contribution in [0.3, 0.4) is 0 Å². The number of aromatic nitrogens is 1. The summed E-state index contributed by atoms with van der Waals surface area (Å²) < 4.78 is 5.13. The Morgan fingerprint density at radius 3 is 2.83 bits per heavy atom. The van der Waals surface area contributed by atoms with Crippen molar-refractivity contribution in [3.05, 3.63) is 45.4 Å². The molecule has 0 saturated heterocycles. The molecule has 1 aromatic heterocycles. The second kappa shape index (κ2) is 11.3. The van der Waals surface area contributed by atoms with Gasteiger partial charge in [0.1, 0.15) is 10.7 Å². The lowest BCUT2D eigenvalue weighted by molar-refractivity contribution is 0.0923. The lowest BCUT2D eigenvalue weighted by Gasteiger charge is -2.22.